The van der Waals surface area contributed by atoms with Crippen LogP contribution in [-0.2, 0) is 20.1 Å². The number of aromatic nitrogens is 2. The molecule has 1 atom stereocenters. The van der Waals surface area contributed by atoms with Crippen LogP contribution in [0, 0.1) is 6.92 Å². The maximum Gasteiger partial charge on any atom is 0.161 e. The molecule has 5 rings (SSSR count). The van der Waals surface area contributed by atoms with Crippen LogP contribution in [0.25, 0.3) is 17.1 Å². The summed E-state index contributed by atoms with van der Waals surface area (Å²) >= 11 is 0. The fourth-order valence-corrected chi connectivity index (χ4v) is 4.46. The molecule has 3 heterocycles. The Morgan fingerprint density at radius 1 is 1.11 bits per heavy atom. The molecule has 2 aromatic carbocycles. The molecule has 0 radical (unpaired) electrons. The molecule has 0 saturated heterocycles. The minimum Gasteiger partial charge on any atom is -0.493 e. The van der Waals surface area contributed by atoms with Crippen molar-refractivity contribution in [3.8, 4) is 11.5 Å². The van der Waals surface area contributed by atoms with Gasteiger partial charge in [0.15, 0.2) is 11.5 Å². The normalized spacial score (nSPS) is 14.9. The van der Waals surface area contributed by atoms with E-state index in [1.165, 1.54) is 22.3 Å². The molecular formula is C30H35N3O2. The van der Waals surface area contributed by atoms with Crippen molar-refractivity contribution < 1.29 is 9.47 Å². The highest BCUT2D eigenvalue weighted by Gasteiger charge is 2.21. The molecule has 0 aliphatic carbocycles. The topological polar surface area (TPSA) is 48.3 Å². The molecule has 0 saturated carbocycles. The van der Waals surface area contributed by atoms with Crippen molar-refractivity contribution in [2.75, 3.05) is 13.7 Å². The van der Waals surface area contributed by atoms with Crippen molar-refractivity contribution in [1.29, 1.82) is 0 Å². The van der Waals surface area contributed by atoms with Crippen LogP contribution in [0.15, 0.2) is 67.0 Å². The maximum absolute atomic E-state index is 6.16. The molecule has 0 amide bonds. The lowest BCUT2D eigenvalue weighted by Crippen LogP contribution is -2.28. The molecule has 0 spiro atoms. The average Bonchev–Trinajstić information content (AvgIpc) is 3.23. The standard InChI is InChI=1S/C28H29N3O2.C2H6/c1-19-6-8-20(9-7-19)18-33-27-15-21-12-14-29-25(24(21)16-26(27)32-3)11-10-22-17-31(2)28-23(22)5-4-13-30-28;1-2/h4-11,13,15-17,25,29H,12,14,18H2,1-3H3;1-2H3/b11-10+;. The second kappa shape index (κ2) is 11.2. The van der Waals surface area contributed by atoms with Crippen LogP contribution in [0.5, 0.6) is 11.5 Å². The molecule has 1 N–H and O–H groups in total. The number of hydrogen-bond donors (Lipinski definition) is 1. The first-order chi connectivity index (χ1) is 17.1. The number of aryl methyl sites for hydroxylation is 2. The molecule has 1 aliphatic rings. The van der Waals surface area contributed by atoms with Gasteiger partial charge in [-0.15, -0.1) is 0 Å². The molecular weight excluding hydrogens is 434 g/mol. The summed E-state index contributed by atoms with van der Waals surface area (Å²) in [5.74, 6) is 1.55. The van der Waals surface area contributed by atoms with Gasteiger partial charge < -0.3 is 19.4 Å². The minimum absolute atomic E-state index is 0.112. The summed E-state index contributed by atoms with van der Waals surface area (Å²) in [6, 6.07) is 16.9. The van der Waals surface area contributed by atoms with E-state index in [1.807, 2.05) is 33.2 Å². The fraction of sp³-hybridized carbons (Fsp3) is 0.300. The zero-order valence-electron chi connectivity index (χ0n) is 21.3. The Morgan fingerprint density at radius 3 is 2.69 bits per heavy atom. The third-order valence-corrected chi connectivity index (χ3v) is 6.27. The van der Waals surface area contributed by atoms with Crippen molar-refractivity contribution >= 4 is 17.1 Å². The lowest BCUT2D eigenvalue weighted by Gasteiger charge is -2.26. The Kier molecular flexibility index (Phi) is 7.88. The highest BCUT2D eigenvalue weighted by molar-refractivity contribution is 5.86. The van der Waals surface area contributed by atoms with E-state index in [1.54, 1.807) is 7.11 Å². The number of pyridine rings is 1. The predicted octanol–water partition coefficient (Wildman–Crippen LogP) is 6.40. The van der Waals surface area contributed by atoms with Crippen LogP contribution in [0.4, 0.5) is 0 Å². The number of methoxy groups -OCH3 is 1. The predicted molar refractivity (Wildman–Crippen MR) is 144 cm³/mol. The largest absolute Gasteiger partial charge is 0.493 e. The van der Waals surface area contributed by atoms with Crippen LogP contribution >= 0.6 is 0 Å². The van der Waals surface area contributed by atoms with Crippen LogP contribution in [0.2, 0.25) is 0 Å². The summed E-state index contributed by atoms with van der Waals surface area (Å²) in [4.78, 5) is 4.49. The van der Waals surface area contributed by atoms with Crippen molar-refractivity contribution in [3.63, 3.8) is 0 Å². The third-order valence-electron chi connectivity index (χ3n) is 6.27. The molecule has 1 aliphatic heterocycles. The van der Waals surface area contributed by atoms with Crippen molar-refractivity contribution in [3.05, 3.63) is 94.8 Å². The molecule has 35 heavy (non-hydrogen) atoms. The summed E-state index contributed by atoms with van der Waals surface area (Å²) in [5, 5.41) is 4.79. The Hall–Kier alpha value is -3.57. The molecule has 4 aromatic rings. The van der Waals surface area contributed by atoms with Crippen LogP contribution in [-0.4, -0.2) is 23.2 Å². The van der Waals surface area contributed by atoms with E-state index >= 15 is 0 Å². The molecule has 0 bridgehead atoms. The van der Waals surface area contributed by atoms with Crippen LogP contribution < -0.4 is 14.8 Å². The van der Waals surface area contributed by atoms with E-state index in [0.717, 1.165) is 41.1 Å². The van der Waals surface area contributed by atoms with E-state index in [0.29, 0.717) is 6.61 Å². The molecule has 2 aromatic heterocycles. The van der Waals surface area contributed by atoms with Gasteiger partial charge in [0.05, 0.1) is 13.2 Å². The summed E-state index contributed by atoms with van der Waals surface area (Å²) in [7, 11) is 3.73. The molecule has 0 fully saturated rings. The zero-order valence-corrected chi connectivity index (χ0v) is 21.3. The number of hydrogen-bond acceptors (Lipinski definition) is 4. The van der Waals surface area contributed by atoms with E-state index in [2.05, 4.69) is 82.6 Å². The number of nitrogens with one attached hydrogen (secondary N) is 1. The molecule has 1 unspecified atom stereocenters. The van der Waals surface area contributed by atoms with Gasteiger partial charge in [0.25, 0.3) is 0 Å². The van der Waals surface area contributed by atoms with E-state index in [4.69, 9.17) is 9.47 Å². The van der Waals surface area contributed by atoms with Gasteiger partial charge in [-0.05, 0) is 54.3 Å². The quantitative estimate of drug-likeness (QED) is 0.355. The summed E-state index contributed by atoms with van der Waals surface area (Å²) in [6.07, 6.45) is 9.33. The minimum atomic E-state index is 0.112. The van der Waals surface area contributed by atoms with Gasteiger partial charge in [-0.25, -0.2) is 4.98 Å². The van der Waals surface area contributed by atoms with Crippen LogP contribution in [0.1, 0.15) is 47.7 Å². The number of rotatable bonds is 6. The smallest absolute Gasteiger partial charge is 0.161 e. The van der Waals surface area contributed by atoms with Gasteiger partial charge in [0.2, 0.25) is 0 Å². The Labute approximate surface area is 208 Å². The second-order valence-electron chi connectivity index (χ2n) is 8.59. The third kappa shape index (κ3) is 5.41. The van der Waals surface area contributed by atoms with E-state index < -0.39 is 0 Å². The lowest BCUT2D eigenvalue weighted by molar-refractivity contribution is 0.283. The molecule has 5 nitrogen and oxygen atoms in total. The highest BCUT2D eigenvalue weighted by atomic mass is 16.5. The van der Waals surface area contributed by atoms with Crippen molar-refractivity contribution in [2.45, 2.75) is 39.8 Å². The van der Waals surface area contributed by atoms with Gasteiger partial charge in [-0.3, -0.25) is 0 Å². The maximum atomic E-state index is 6.16. The first-order valence-electron chi connectivity index (χ1n) is 12.3. The number of ether oxygens (including phenoxy) is 2. The van der Waals surface area contributed by atoms with E-state index in [-0.39, 0.29) is 6.04 Å². The Balaban J connectivity index is 0.00000141. The van der Waals surface area contributed by atoms with Gasteiger partial charge in [0.1, 0.15) is 12.3 Å². The Morgan fingerprint density at radius 2 is 1.91 bits per heavy atom. The van der Waals surface area contributed by atoms with Crippen LogP contribution in [0.3, 0.4) is 0 Å². The van der Waals surface area contributed by atoms with E-state index in [9.17, 15) is 0 Å². The number of benzene rings is 2. The van der Waals surface area contributed by atoms with Gasteiger partial charge in [-0.1, -0.05) is 55.8 Å². The van der Waals surface area contributed by atoms with Gasteiger partial charge >= 0.3 is 0 Å². The van der Waals surface area contributed by atoms with Gasteiger partial charge in [-0.2, -0.15) is 0 Å². The average molecular weight is 470 g/mol. The first-order valence-corrected chi connectivity index (χ1v) is 12.3. The van der Waals surface area contributed by atoms with Crippen molar-refractivity contribution in [1.82, 2.24) is 14.9 Å². The fourth-order valence-electron chi connectivity index (χ4n) is 4.46. The molecule has 182 valence electrons. The number of nitrogens with zero attached hydrogens (tertiary/aromatic N) is 2. The summed E-state index contributed by atoms with van der Waals surface area (Å²) in [5.41, 5.74) is 7.08. The summed E-state index contributed by atoms with van der Waals surface area (Å²) in [6.45, 7) is 7.53. The zero-order chi connectivity index (χ0) is 24.8. The monoisotopic (exact) mass is 469 g/mol. The SMILES string of the molecule is CC.COc1cc2c(cc1OCc1ccc(C)cc1)CCNC2/C=C/c1cn(C)c2ncccc12. The second-order valence-corrected chi connectivity index (χ2v) is 8.59. The molecule has 5 heteroatoms. The summed E-state index contributed by atoms with van der Waals surface area (Å²) < 4.78 is 13.9. The number of fused-ring (bicyclic) bond motifs is 2. The van der Waals surface area contributed by atoms with Gasteiger partial charge in [0, 0.05) is 36.9 Å². The van der Waals surface area contributed by atoms with Crippen molar-refractivity contribution in [2.24, 2.45) is 7.05 Å². The first kappa shape index (κ1) is 24.6. The lowest BCUT2D eigenvalue weighted by atomic mass is 9.93. The highest BCUT2D eigenvalue weighted by Crippen LogP contribution is 2.36. The Bertz CT molecular complexity index is 1310.